The summed E-state index contributed by atoms with van der Waals surface area (Å²) in [5.41, 5.74) is 0. The van der Waals surface area contributed by atoms with E-state index in [1.165, 1.54) is 19.3 Å². The number of ether oxygens (including phenoxy) is 2. The lowest BCUT2D eigenvalue weighted by Gasteiger charge is -2.16. The molecule has 1 fully saturated rings. The molecule has 3 unspecified atom stereocenters. The number of hydrogen-bond donors (Lipinski definition) is 2. The first-order valence-electron chi connectivity index (χ1n) is 7.83. The highest BCUT2D eigenvalue weighted by Gasteiger charge is 2.20. The molecule has 0 aliphatic heterocycles. The second-order valence-electron chi connectivity index (χ2n) is 6.09. The molecular formula is C17H27NO3. The molecule has 1 aliphatic rings. The number of hydrogen-bond acceptors (Lipinski definition) is 4. The lowest BCUT2D eigenvalue weighted by molar-refractivity contribution is 0.105. The molecule has 1 aromatic carbocycles. The van der Waals surface area contributed by atoms with Crippen LogP contribution in [-0.4, -0.2) is 38.0 Å². The maximum absolute atomic E-state index is 9.94. The summed E-state index contributed by atoms with van der Waals surface area (Å²) in [6.45, 7) is 4.19. The van der Waals surface area contributed by atoms with Crippen molar-refractivity contribution in [2.24, 2.45) is 11.8 Å². The summed E-state index contributed by atoms with van der Waals surface area (Å²) in [6, 6.07) is 7.43. The summed E-state index contributed by atoms with van der Waals surface area (Å²) < 4.78 is 10.7. The molecule has 0 aromatic heterocycles. The van der Waals surface area contributed by atoms with Gasteiger partial charge in [-0.2, -0.15) is 0 Å². The van der Waals surface area contributed by atoms with Crippen LogP contribution in [0.15, 0.2) is 24.3 Å². The van der Waals surface area contributed by atoms with E-state index < -0.39 is 6.10 Å². The summed E-state index contributed by atoms with van der Waals surface area (Å²) in [5.74, 6) is 3.11. The van der Waals surface area contributed by atoms with Crippen molar-refractivity contribution >= 4 is 0 Å². The van der Waals surface area contributed by atoms with Gasteiger partial charge in [-0.1, -0.05) is 19.4 Å². The molecule has 0 heterocycles. The van der Waals surface area contributed by atoms with E-state index in [2.05, 4.69) is 12.2 Å². The molecule has 1 aromatic rings. The predicted octanol–water partition coefficient (Wildman–Crippen LogP) is 2.46. The quantitative estimate of drug-likeness (QED) is 0.773. The Morgan fingerprint density at radius 2 is 2.14 bits per heavy atom. The summed E-state index contributed by atoms with van der Waals surface area (Å²) in [7, 11) is 1.63. The lowest BCUT2D eigenvalue weighted by atomic mass is 10.1. The van der Waals surface area contributed by atoms with E-state index in [9.17, 15) is 5.11 Å². The molecule has 0 radical (unpaired) electrons. The minimum absolute atomic E-state index is 0.293. The van der Waals surface area contributed by atoms with Crippen LogP contribution < -0.4 is 14.8 Å². The first kappa shape index (κ1) is 16.1. The van der Waals surface area contributed by atoms with Gasteiger partial charge in [-0.05, 0) is 43.4 Å². The van der Waals surface area contributed by atoms with E-state index in [-0.39, 0.29) is 0 Å². The van der Waals surface area contributed by atoms with Gasteiger partial charge in [0.1, 0.15) is 24.2 Å². The van der Waals surface area contributed by atoms with Crippen LogP contribution in [0, 0.1) is 11.8 Å². The number of benzene rings is 1. The highest BCUT2D eigenvalue weighted by molar-refractivity contribution is 5.32. The Morgan fingerprint density at radius 1 is 1.33 bits per heavy atom. The summed E-state index contributed by atoms with van der Waals surface area (Å²) >= 11 is 0. The van der Waals surface area contributed by atoms with Crippen LogP contribution in [0.25, 0.3) is 0 Å². The summed E-state index contributed by atoms with van der Waals surface area (Å²) in [5, 5.41) is 13.3. The Labute approximate surface area is 127 Å². The maximum Gasteiger partial charge on any atom is 0.123 e. The Morgan fingerprint density at radius 3 is 2.86 bits per heavy atom. The van der Waals surface area contributed by atoms with E-state index in [1.54, 1.807) is 7.11 Å². The average molecular weight is 293 g/mol. The van der Waals surface area contributed by atoms with Gasteiger partial charge in [0.05, 0.1) is 7.11 Å². The molecule has 4 heteroatoms. The maximum atomic E-state index is 9.94. The Hall–Kier alpha value is -1.26. The van der Waals surface area contributed by atoms with Crippen molar-refractivity contribution in [3.63, 3.8) is 0 Å². The van der Waals surface area contributed by atoms with E-state index in [1.807, 2.05) is 24.3 Å². The van der Waals surface area contributed by atoms with E-state index >= 15 is 0 Å². The Kier molecular flexibility index (Phi) is 6.33. The topological polar surface area (TPSA) is 50.7 Å². The number of methoxy groups -OCH3 is 1. The molecule has 1 aliphatic carbocycles. The fourth-order valence-electron chi connectivity index (χ4n) is 2.91. The van der Waals surface area contributed by atoms with Gasteiger partial charge >= 0.3 is 0 Å². The average Bonchev–Trinajstić information content (AvgIpc) is 2.91. The fourth-order valence-corrected chi connectivity index (χ4v) is 2.91. The predicted molar refractivity (Wildman–Crippen MR) is 83.9 cm³/mol. The zero-order chi connectivity index (χ0) is 15.1. The first-order valence-corrected chi connectivity index (χ1v) is 7.83. The van der Waals surface area contributed by atoms with Crippen LogP contribution in [0.1, 0.15) is 26.2 Å². The van der Waals surface area contributed by atoms with Crippen molar-refractivity contribution in [3.8, 4) is 11.5 Å². The fraction of sp³-hybridized carbons (Fsp3) is 0.647. The van der Waals surface area contributed by atoms with Gasteiger partial charge in [-0.15, -0.1) is 0 Å². The van der Waals surface area contributed by atoms with Gasteiger partial charge in [-0.25, -0.2) is 0 Å². The van der Waals surface area contributed by atoms with Crippen molar-refractivity contribution in [2.75, 3.05) is 26.8 Å². The Bertz CT molecular complexity index is 424. The molecule has 0 amide bonds. The van der Waals surface area contributed by atoms with E-state index in [0.717, 1.165) is 29.9 Å². The minimum atomic E-state index is -0.491. The third kappa shape index (κ3) is 5.56. The van der Waals surface area contributed by atoms with Gasteiger partial charge in [0, 0.05) is 12.6 Å². The standard InChI is InChI=1S/C17H27NO3/c1-13-6-7-14(8-13)10-18-11-15(19)12-21-17-5-3-4-16(9-17)20-2/h3-5,9,13-15,18-19H,6-8,10-12H2,1-2H3. The molecule has 4 nitrogen and oxygen atoms in total. The molecule has 118 valence electrons. The molecule has 0 spiro atoms. The van der Waals surface area contributed by atoms with Crippen molar-refractivity contribution in [1.82, 2.24) is 5.32 Å². The number of aliphatic hydroxyl groups excluding tert-OH is 1. The highest BCUT2D eigenvalue weighted by atomic mass is 16.5. The van der Waals surface area contributed by atoms with Gasteiger partial charge < -0.3 is 19.9 Å². The smallest absolute Gasteiger partial charge is 0.123 e. The van der Waals surface area contributed by atoms with Crippen LogP contribution in [0.3, 0.4) is 0 Å². The SMILES string of the molecule is COc1cccc(OCC(O)CNCC2CCC(C)C2)c1. The second-order valence-corrected chi connectivity index (χ2v) is 6.09. The normalized spacial score (nSPS) is 23.0. The van der Waals surface area contributed by atoms with Gasteiger partial charge in [0.15, 0.2) is 0 Å². The molecule has 2 N–H and O–H groups in total. The lowest BCUT2D eigenvalue weighted by Crippen LogP contribution is -2.33. The highest BCUT2D eigenvalue weighted by Crippen LogP contribution is 2.29. The van der Waals surface area contributed by atoms with Crippen LogP contribution in [-0.2, 0) is 0 Å². The van der Waals surface area contributed by atoms with Crippen LogP contribution >= 0.6 is 0 Å². The second kappa shape index (κ2) is 8.25. The van der Waals surface area contributed by atoms with Gasteiger partial charge in [0.25, 0.3) is 0 Å². The summed E-state index contributed by atoms with van der Waals surface area (Å²) in [4.78, 5) is 0. The minimum Gasteiger partial charge on any atom is -0.497 e. The molecule has 2 rings (SSSR count). The largest absolute Gasteiger partial charge is 0.497 e. The zero-order valence-electron chi connectivity index (χ0n) is 13.0. The molecule has 3 atom stereocenters. The molecule has 21 heavy (non-hydrogen) atoms. The monoisotopic (exact) mass is 293 g/mol. The van der Waals surface area contributed by atoms with Crippen LogP contribution in [0.2, 0.25) is 0 Å². The molecule has 0 saturated heterocycles. The Balaban J connectivity index is 1.61. The molecule has 1 saturated carbocycles. The third-order valence-electron chi connectivity index (χ3n) is 4.10. The third-order valence-corrected chi connectivity index (χ3v) is 4.10. The summed E-state index contributed by atoms with van der Waals surface area (Å²) in [6.07, 6.45) is 3.47. The number of rotatable bonds is 8. The number of aliphatic hydroxyl groups is 1. The van der Waals surface area contributed by atoms with Crippen molar-refractivity contribution < 1.29 is 14.6 Å². The van der Waals surface area contributed by atoms with Crippen molar-refractivity contribution in [2.45, 2.75) is 32.3 Å². The number of nitrogens with one attached hydrogen (secondary N) is 1. The van der Waals surface area contributed by atoms with Crippen LogP contribution in [0.4, 0.5) is 0 Å². The van der Waals surface area contributed by atoms with E-state index in [0.29, 0.717) is 13.2 Å². The van der Waals surface area contributed by atoms with Crippen molar-refractivity contribution in [3.05, 3.63) is 24.3 Å². The molecule has 0 bridgehead atoms. The van der Waals surface area contributed by atoms with Gasteiger partial charge in [0.2, 0.25) is 0 Å². The molecular weight excluding hydrogens is 266 g/mol. The van der Waals surface area contributed by atoms with E-state index in [4.69, 9.17) is 9.47 Å². The van der Waals surface area contributed by atoms with Crippen LogP contribution in [0.5, 0.6) is 11.5 Å². The van der Waals surface area contributed by atoms with Crippen molar-refractivity contribution in [1.29, 1.82) is 0 Å². The van der Waals surface area contributed by atoms with Gasteiger partial charge in [-0.3, -0.25) is 0 Å². The zero-order valence-corrected chi connectivity index (χ0v) is 13.0. The first-order chi connectivity index (χ1) is 10.2.